The smallest absolute Gasteiger partial charge is 0.0940 e. The fourth-order valence-electron chi connectivity index (χ4n) is 2.69. The van der Waals surface area contributed by atoms with E-state index in [1.165, 1.54) is 48.7 Å². The van der Waals surface area contributed by atoms with Crippen LogP contribution >= 0.6 is 11.3 Å². The van der Waals surface area contributed by atoms with E-state index in [1.807, 2.05) is 11.3 Å². The summed E-state index contributed by atoms with van der Waals surface area (Å²) in [5.41, 5.74) is 0. The molecule has 1 N–H and O–H groups in total. The van der Waals surface area contributed by atoms with Gasteiger partial charge in [0.1, 0.15) is 0 Å². The maximum absolute atomic E-state index is 4.58. The average molecular weight is 295 g/mol. The van der Waals surface area contributed by atoms with E-state index in [-0.39, 0.29) is 0 Å². The lowest BCUT2D eigenvalue weighted by Crippen LogP contribution is -2.38. The van der Waals surface area contributed by atoms with Gasteiger partial charge in [0.2, 0.25) is 0 Å². The fraction of sp³-hybridized carbons (Fsp3) is 0.812. The molecule has 20 heavy (non-hydrogen) atoms. The highest BCUT2D eigenvalue weighted by atomic mass is 32.1. The first-order valence-electron chi connectivity index (χ1n) is 8.10. The number of piperidine rings is 1. The van der Waals surface area contributed by atoms with Crippen LogP contribution < -0.4 is 5.32 Å². The Morgan fingerprint density at radius 1 is 1.50 bits per heavy atom. The van der Waals surface area contributed by atoms with Crippen LogP contribution in [0.3, 0.4) is 0 Å². The molecule has 0 amide bonds. The van der Waals surface area contributed by atoms with Crippen molar-refractivity contribution in [3.63, 3.8) is 0 Å². The summed E-state index contributed by atoms with van der Waals surface area (Å²) in [4.78, 5) is 8.58. The zero-order chi connectivity index (χ0) is 14.4. The Hall–Kier alpha value is -0.450. The lowest BCUT2D eigenvalue weighted by molar-refractivity contribution is 0.163. The van der Waals surface area contributed by atoms with E-state index in [1.54, 1.807) is 0 Å². The van der Waals surface area contributed by atoms with Crippen molar-refractivity contribution in [2.24, 2.45) is 0 Å². The summed E-state index contributed by atoms with van der Waals surface area (Å²) in [7, 11) is 0. The van der Waals surface area contributed by atoms with Crippen molar-refractivity contribution in [1.82, 2.24) is 15.2 Å². The van der Waals surface area contributed by atoms with Gasteiger partial charge in [-0.2, -0.15) is 0 Å². The van der Waals surface area contributed by atoms with E-state index in [4.69, 9.17) is 0 Å². The molecular formula is C16H29N3S. The SMILES string of the molecule is CCC(C)NCc1cnc(CCN2CCCCC2C)s1. The van der Waals surface area contributed by atoms with Gasteiger partial charge >= 0.3 is 0 Å². The van der Waals surface area contributed by atoms with Crippen LogP contribution in [0.25, 0.3) is 0 Å². The van der Waals surface area contributed by atoms with Gasteiger partial charge in [0, 0.05) is 42.7 Å². The van der Waals surface area contributed by atoms with Crippen molar-refractivity contribution >= 4 is 11.3 Å². The summed E-state index contributed by atoms with van der Waals surface area (Å²) < 4.78 is 0. The van der Waals surface area contributed by atoms with Gasteiger partial charge in [-0.1, -0.05) is 13.3 Å². The van der Waals surface area contributed by atoms with E-state index in [9.17, 15) is 0 Å². The van der Waals surface area contributed by atoms with E-state index in [2.05, 4.69) is 42.2 Å². The molecule has 1 aliphatic rings. The number of thiazole rings is 1. The molecule has 114 valence electrons. The maximum Gasteiger partial charge on any atom is 0.0940 e. The topological polar surface area (TPSA) is 28.2 Å². The number of hydrogen-bond acceptors (Lipinski definition) is 4. The molecule has 2 unspecified atom stereocenters. The molecule has 1 aromatic rings. The third-order valence-corrected chi connectivity index (χ3v) is 5.45. The van der Waals surface area contributed by atoms with Crippen molar-refractivity contribution in [2.75, 3.05) is 13.1 Å². The van der Waals surface area contributed by atoms with Gasteiger partial charge in [-0.15, -0.1) is 11.3 Å². The summed E-state index contributed by atoms with van der Waals surface area (Å²) in [6, 6.07) is 1.35. The fourth-order valence-corrected chi connectivity index (χ4v) is 3.56. The minimum Gasteiger partial charge on any atom is -0.309 e. The maximum atomic E-state index is 4.58. The number of aromatic nitrogens is 1. The zero-order valence-electron chi connectivity index (χ0n) is 13.2. The molecule has 0 bridgehead atoms. The van der Waals surface area contributed by atoms with Crippen molar-refractivity contribution in [3.05, 3.63) is 16.1 Å². The Bertz CT molecular complexity index is 391. The average Bonchev–Trinajstić information content (AvgIpc) is 2.92. The number of nitrogens with zero attached hydrogens (tertiary/aromatic N) is 2. The molecule has 0 saturated carbocycles. The molecule has 3 nitrogen and oxygen atoms in total. The Balaban J connectivity index is 1.74. The van der Waals surface area contributed by atoms with E-state index in [0.29, 0.717) is 6.04 Å². The van der Waals surface area contributed by atoms with Crippen LogP contribution in [0.5, 0.6) is 0 Å². The zero-order valence-corrected chi connectivity index (χ0v) is 14.0. The normalized spacial score (nSPS) is 22.1. The molecule has 2 atom stereocenters. The van der Waals surface area contributed by atoms with Crippen LogP contribution in [0.15, 0.2) is 6.20 Å². The Labute approximate surface area is 127 Å². The second-order valence-corrected chi connectivity index (χ2v) is 7.24. The molecular weight excluding hydrogens is 266 g/mol. The van der Waals surface area contributed by atoms with E-state index in [0.717, 1.165) is 19.0 Å². The van der Waals surface area contributed by atoms with E-state index >= 15 is 0 Å². The van der Waals surface area contributed by atoms with Crippen molar-refractivity contribution in [3.8, 4) is 0 Å². The standard InChI is InChI=1S/C16H29N3S/c1-4-13(2)17-11-15-12-18-16(20-15)8-10-19-9-6-5-7-14(19)3/h12-14,17H,4-11H2,1-3H3. The molecule has 1 fully saturated rings. The van der Waals surface area contributed by atoms with Crippen LogP contribution in [-0.2, 0) is 13.0 Å². The second-order valence-electron chi connectivity index (χ2n) is 6.04. The predicted molar refractivity (Wildman–Crippen MR) is 87.3 cm³/mol. The first-order chi connectivity index (χ1) is 9.69. The molecule has 4 heteroatoms. The van der Waals surface area contributed by atoms with E-state index < -0.39 is 0 Å². The van der Waals surface area contributed by atoms with Crippen LogP contribution in [-0.4, -0.2) is 35.1 Å². The van der Waals surface area contributed by atoms with Gasteiger partial charge in [-0.3, -0.25) is 0 Å². The van der Waals surface area contributed by atoms with Crippen LogP contribution in [0, 0.1) is 0 Å². The van der Waals surface area contributed by atoms with Gasteiger partial charge in [0.05, 0.1) is 5.01 Å². The Morgan fingerprint density at radius 3 is 3.10 bits per heavy atom. The van der Waals surface area contributed by atoms with Crippen molar-refractivity contribution in [2.45, 2.75) is 71.5 Å². The van der Waals surface area contributed by atoms with Gasteiger partial charge in [-0.25, -0.2) is 4.98 Å². The summed E-state index contributed by atoms with van der Waals surface area (Å²) in [5, 5.41) is 4.83. The van der Waals surface area contributed by atoms with Gasteiger partial charge in [-0.05, 0) is 39.7 Å². The highest BCUT2D eigenvalue weighted by Gasteiger charge is 2.18. The third kappa shape index (κ3) is 4.83. The number of nitrogens with one attached hydrogen (secondary N) is 1. The highest BCUT2D eigenvalue weighted by Crippen LogP contribution is 2.18. The summed E-state index contributed by atoms with van der Waals surface area (Å²) in [5.74, 6) is 0. The van der Waals surface area contributed by atoms with Crippen LogP contribution in [0.2, 0.25) is 0 Å². The number of likely N-dealkylation sites (tertiary alicyclic amines) is 1. The molecule has 1 saturated heterocycles. The monoisotopic (exact) mass is 295 g/mol. The van der Waals surface area contributed by atoms with Crippen LogP contribution in [0.1, 0.15) is 56.3 Å². The molecule has 0 aliphatic carbocycles. The predicted octanol–water partition coefficient (Wildman–Crippen LogP) is 3.45. The molecule has 0 spiro atoms. The quantitative estimate of drug-likeness (QED) is 0.835. The first kappa shape index (κ1) is 15.9. The van der Waals surface area contributed by atoms with Gasteiger partial charge in [0.15, 0.2) is 0 Å². The van der Waals surface area contributed by atoms with Crippen molar-refractivity contribution in [1.29, 1.82) is 0 Å². The number of rotatable bonds is 7. The van der Waals surface area contributed by atoms with Crippen molar-refractivity contribution < 1.29 is 0 Å². The third-order valence-electron chi connectivity index (χ3n) is 4.39. The second kappa shape index (κ2) is 8.11. The largest absolute Gasteiger partial charge is 0.309 e. The summed E-state index contributed by atoms with van der Waals surface area (Å²) in [6.07, 6.45) is 8.47. The lowest BCUT2D eigenvalue weighted by atomic mass is 10.0. The minimum atomic E-state index is 0.592. The van der Waals surface area contributed by atoms with Crippen LogP contribution in [0.4, 0.5) is 0 Å². The van der Waals surface area contributed by atoms with Gasteiger partial charge < -0.3 is 10.2 Å². The number of hydrogen-bond donors (Lipinski definition) is 1. The molecule has 2 rings (SSSR count). The molecule has 2 heterocycles. The molecule has 0 aromatic carbocycles. The first-order valence-corrected chi connectivity index (χ1v) is 8.91. The Morgan fingerprint density at radius 2 is 2.35 bits per heavy atom. The minimum absolute atomic E-state index is 0.592. The molecule has 1 aliphatic heterocycles. The molecule has 0 radical (unpaired) electrons. The highest BCUT2D eigenvalue weighted by molar-refractivity contribution is 7.11. The lowest BCUT2D eigenvalue weighted by Gasteiger charge is -2.32. The van der Waals surface area contributed by atoms with Gasteiger partial charge in [0.25, 0.3) is 0 Å². The Kier molecular flexibility index (Phi) is 6.46. The summed E-state index contributed by atoms with van der Waals surface area (Å²) >= 11 is 1.87. The molecule has 1 aromatic heterocycles. The summed E-state index contributed by atoms with van der Waals surface area (Å²) in [6.45, 7) is 10.2.